The van der Waals surface area contributed by atoms with Gasteiger partial charge in [-0.2, -0.15) is 0 Å². The molecule has 0 spiro atoms. The van der Waals surface area contributed by atoms with Crippen molar-refractivity contribution < 1.29 is 4.74 Å². The molecule has 0 aliphatic carbocycles. The van der Waals surface area contributed by atoms with E-state index < -0.39 is 0 Å². The number of anilines is 1. The van der Waals surface area contributed by atoms with Gasteiger partial charge in [-0.05, 0) is 74.3 Å². The molecule has 0 fully saturated rings. The molecule has 32 heavy (non-hydrogen) atoms. The Labute approximate surface area is 191 Å². The quantitative estimate of drug-likeness (QED) is 0.444. The van der Waals surface area contributed by atoms with Gasteiger partial charge >= 0.3 is 0 Å². The Bertz CT molecular complexity index is 991. The Morgan fingerprint density at radius 2 is 1.97 bits per heavy atom. The average molecular weight is 434 g/mol. The minimum absolute atomic E-state index is 0.649. The number of methoxy groups -OCH3 is 1. The lowest BCUT2D eigenvalue weighted by atomic mass is 10.1. The largest absolute Gasteiger partial charge is 0.496 e. The van der Waals surface area contributed by atoms with Crippen LogP contribution in [0.1, 0.15) is 30.0 Å². The molecule has 3 aromatic rings. The fourth-order valence-electron chi connectivity index (χ4n) is 3.77. The highest BCUT2D eigenvalue weighted by atomic mass is 16.5. The SMILES string of the molecule is CCN(CCCN)Cc1cccc(-c2ccnc(NCCc3ccc(OC)c(C)c3)n2)c1. The normalized spacial score (nSPS) is 11.0. The third-order valence-electron chi connectivity index (χ3n) is 5.57. The predicted octanol–water partition coefficient (Wildman–Crippen LogP) is 4.29. The summed E-state index contributed by atoms with van der Waals surface area (Å²) in [6, 6.07) is 16.8. The summed E-state index contributed by atoms with van der Waals surface area (Å²) >= 11 is 0. The van der Waals surface area contributed by atoms with Crippen molar-refractivity contribution in [1.29, 1.82) is 0 Å². The van der Waals surface area contributed by atoms with Gasteiger partial charge in [0.2, 0.25) is 5.95 Å². The Kier molecular flexibility index (Phi) is 9.01. The second kappa shape index (κ2) is 12.2. The molecule has 0 radical (unpaired) electrons. The van der Waals surface area contributed by atoms with Gasteiger partial charge in [0.25, 0.3) is 0 Å². The summed E-state index contributed by atoms with van der Waals surface area (Å²) in [6.45, 7) is 8.70. The van der Waals surface area contributed by atoms with E-state index in [1.54, 1.807) is 7.11 Å². The summed E-state index contributed by atoms with van der Waals surface area (Å²) < 4.78 is 5.34. The second-order valence-corrected chi connectivity index (χ2v) is 7.96. The molecule has 170 valence electrons. The molecule has 0 bridgehead atoms. The topological polar surface area (TPSA) is 76.3 Å². The molecule has 0 aliphatic heterocycles. The van der Waals surface area contributed by atoms with Gasteiger partial charge < -0.3 is 15.8 Å². The lowest BCUT2D eigenvalue weighted by Crippen LogP contribution is -2.25. The van der Waals surface area contributed by atoms with Gasteiger partial charge in [0.15, 0.2) is 0 Å². The highest BCUT2D eigenvalue weighted by Crippen LogP contribution is 2.21. The van der Waals surface area contributed by atoms with Crippen LogP contribution in [0, 0.1) is 6.92 Å². The first-order valence-electron chi connectivity index (χ1n) is 11.3. The number of nitrogens with two attached hydrogens (primary N) is 1. The summed E-state index contributed by atoms with van der Waals surface area (Å²) in [4.78, 5) is 11.5. The average Bonchev–Trinajstić information content (AvgIpc) is 2.82. The molecule has 0 amide bonds. The molecule has 3 rings (SSSR count). The van der Waals surface area contributed by atoms with Crippen molar-refractivity contribution in [2.75, 3.05) is 38.6 Å². The summed E-state index contributed by atoms with van der Waals surface area (Å²) in [5.74, 6) is 1.57. The molecule has 0 unspecified atom stereocenters. The van der Waals surface area contributed by atoms with Crippen LogP contribution in [0.4, 0.5) is 5.95 Å². The van der Waals surface area contributed by atoms with E-state index in [1.807, 2.05) is 18.3 Å². The summed E-state index contributed by atoms with van der Waals surface area (Å²) in [6.07, 6.45) is 3.72. The van der Waals surface area contributed by atoms with Crippen molar-refractivity contribution in [1.82, 2.24) is 14.9 Å². The first-order chi connectivity index (χ1) is 15.6. The second-order valence-electron chi connectivity index (χ2n) is 7.96. The van der Waals surface area contributed by atoms with E-state index in [9.17, 15) is 0 Å². The van der Waals surface area contributed by atoms with E-state index in [0.29, 0.717) is 5.95 Å². The molecule has 6 nitrogen and oxygen atoms in total. The number of nitrogens with zero attached hydrogens (tertiary/aromatic N) is 3. The number of rotatable bonds is 12. The fraction of sp³-hybridized carbons (Fsp3) is 0.385. The number of aryl methyl sites for hydroxylation is 1. The van der Waals surface area contributed by atoms with Gasteiger partial charge in [0, 0.05) is 24.8 Å². The highest BCUT2D eigenvalue weighted by Gasteiger charge is 2.07. The third-order valence-corrected chi connectivity index (χ3v) is 5.57. The number of nitrogens with one attached hydrogen (secondary N) is 1. The van der Waals surface area contributed by atoms with E-state index in [1.165, 1.54) is 11.1 Å². The van der Waals surface area contributed by atoms with Crippen molar-refractivity contribution >= 4 is 5.95 Å². The van der Waals surface area contributed by atoms with Crippen molar-refractivity contribution in [2.24, 2.45) is 5.73 Å². The number of aromatic nitrogens is 2. The maximum Gasteiger partial charge on any atom is 0.223 e. The molecular weight excluding hydrogens is 398 g/mol. The van der Waals surface area contributed by atoms with Crippen LogP contribution in [0.2, 0.25) is 0 Å². The minimum atomic E-state index is 0.649. The van der Waals surface area contributed by atoms with Crippen LogP contribution in [0.25, 0.3) is 11.3 Å². The summed E-state index contributed by atoms with van der Waals surface area (Å²) in [5.41, 5.74) is 11.4. The lowest BCUT2D eigenvalue weighted by Gasteiger charge is -2.20. The number of benzene rings is 2. The van der Waals surface area contributed by atoms with Crippen molar-refractivity contribution in [3.05, 3.63) is 71.4 Å². The maximum absolute atomic E-state index is 5.67. The van der Waals surface area contributed by atoms with Crippen molar-refractivity contribution in [2.45, 2.75) is 33.2 Å². The fourth-order valence-corrected chi connectivity index (χ4v) is 3.77. The van der Waals surface area contributed by atoms with Gasteiger partial charge in [-0.3, -0.25) is 4.90 Å². The first kappa shape index (κ1) is 23.7. The Morgan fingerprint density at radius 3 is 2.72 bits per heavy atom. The van der Waals surface area contributed by atoms with Crippen LogP contribution in [0.5, 0.6) is 5.75 Å². The zero-order valence-corrected chi connectivity index (χ0v) is 19.5. The molecule has 1 aromatic heterocycles. The van der Waals surface area contributed by atoms with Gasteiger partial charge in [-0.1, -0.05) is 37.3 Å². The molecular formula is C26H35N5O. The molecule has 2 aromatic carbocycles. The number of ether oxygens (including phenoxy) is 1. The van der Waals surface area contributed by atoms with Crippen LogP contribution >= 0.6 is 0 Å². The molecule has 6 heteroatoms. The Hall–Kier alpha value is -2.96. The zero-order chi connectivity index (χ0) is 22.8. The van der Waals surface area contributed by atoms with Crippen LogP contribution in [-0.4, -0.2) is 48.2 Å². The van der Waals surface area contributed by atoms with Gasteiger partial charge in [-0.15, -0.1) is 0 Å². The monoisotopic (exact) mass is 433 g/mol. The molecule has 3 N–H and O–H groups in total. The van der Waals surface area contributed by atoms with E-state index in [2.05, 4.69) is 65.4 Å². The first-order valence-corrected chi connectivity index (χ1v) is 11.3. The standard InChI is InChI=1S/C26H35N5O/c1-4-31(16-6-13-27)19-22-7-5-8-23(18-22)24-12-15-29-26(30-24)28-14-11-21-9-10-25(32-3)20(2)17-21/h5,7-10,12,15,17-18H,4,6,11,13-14,16,19,27H2,1-3H3,(H,28,29,30). The summed E-state index contributed by atoms with van der Waals surface area (Å²) in [5, 5.41) is 3.36. The minimum Gasteiger partial charge on any atom is -0.496 e. The number of hydrogen-bond acceptors (Lipinski definition) is 6. The van der Waals surface area contributed by atoms with Gasteiger partial charge in [0.1, 0.15) is 5.75 Å². The predicted molar refractivity (Wildman–Crippen MR) is 132 cm³/mol. The van der Waals surface area contributed by atoms with Crippen LogP contribution in [0.15, 0.2) is 54.7 Å². The summed E-state index contributed by atoms with van der Waals surface area (Å²) in [7, 11) is 1.70. The molecule has 0 atom stereocenters. The smallest absolute Gasteiger partial charge is 0.223 e. The lowest BCUT2D eigenvalue weighted by molar-refractivity contribution is 0.278. The molecule has 0 aliphatic rings. The Morgan fingerprint density at radius 1 is 1.09 bits per heavy atom. The van der Waals surface area contributed by atoms with Crippen LogP contribution in [0.3, 0.4) is 0 Å². The van der Waals surface area contributed by atoms with E-state index >= 15 is 0 Å². The van der Waals surface area contributed by atoms with Crippen LogP contribution < -0.4 is 15.8 Å². The van der Waals surface area contributed by atoms with Crippen molar-refractivity contribution in [3.8, 4) is 17.0 Å². The van der Waals surface area contributed by atoms with E-state index in [-0.39, 0.29) is 0 Å². The Balaban J connectivity index is 1.62. The van der Waals surface area contributed by atoms with E-state index in [4.69, 9.17) is 15.5 Å². The van der Waals surface area contributed by atoms with Crippen LogP contribution in [-0.2, 0) is 13.0 Å². The maximum atomic E-state index is 5.67. The van der Waals surface area contributed by atoms with Crippen molar-refractivity contribution in [3.63, 3.8) is 0 Å². The zero-order valence-electron chi connectivity index (χ0n) is 19.5. The van der Waals surface area contributed by atoms with Gasteiger partial charge in [0.05, 0.1) is 12.8 Å². The molecule has 0 saturated carbocycles. The number of hydrogen-bond donors (Lipinski definition) is 2. The van der Waals surface area contributed by atoms with Gasteiger partial charge in [-0.25, -0.2) is 9.97 Å². The third kappa shape index (κ3) is 6.77. The highest BCUT2D eigenvalue weighted by molar-refractivity contribution is 5.61. The molecule has 1 heterocycles. The molecule has 0 saturated heterocycles. The van der Waals surface area contributed by atoms with E-state index in [0.717, 1.165) is 68.1 Å².